The van der Waals surface area contributed by atoms with Crippen LogP contribution in [0.25, 0.3) is 11.0 Å². The van der Waals surface area contributed by atoms with Crippen LogP contribution in [0.1, 0.15) is 13.8 Å². The molecule has 0 bridgehead atoms. The monoisotopic (exact) mass is 267 g/mol. The Bertz CT molecular complexity index is 582. The molecule has 2 aromatic heterocycles. The third kappa shape index (κ3) is 2.09. The van der Waals surface area contributed by atoms with Gasteiger partial charge in [-0.15, -0.1) is 0 Å². The maximum absolute atomic E-state index is 6.01. The van der Waals surface area contributed by atoms with Gasteiger partial charge < -0.3 is 14.0 Å². The molecule has 0 aromatic carbocycles. The number of fused-ring (bicyclic) bond motifs is 1. The molecule has 0 saturated carbocycles. The minimum Gasteiger partial charge on any atom is -0.348 e. The lowest BCUT2D eigenvalue weighted by molar-refractivity contribution is -0.139. The van der Waals surface area contributed by atoms with E-state index in [2.05, 4.69) is 9.97 Å². The van der Waals surface area contributed by atoms with Crippen LogP contribution in [0, 0.1) is 0 Å². The van der Waals surface area contributed by atoms with E-state index >= 15 is 0 Å². The molecular formula is C12H14ClN3O2. The Balaban J connectivity index is 1.86. The topological polar surface area (TPSA) is 49.2 Å². The van der Waals surface area contributed by atoms with Gasteiger partial charge in [-0.1, -0.05) is 11.6 Å². The van der Waals surface area contributed by atoms with Gasteiger partial charge in [0.2, 0.25) is 0 Å². The molecule has 1 aliphatic heterocycles. The maximum atomic E-state index is 6.01. The molecule has 0 N–H and O–H groups in total. The minimum atomic E-state index is -0.500. The Morgan fingerprint density at radius 2 is 2.33 bits per heavy atom. The van der Waals surface area contributed by atoms with Crippen molar-refractivity contribution in [2.24, 2.45) is 0 Å². The molecule has 0 aliphatic carbocycles. The smallest absolute Gasteiger partial charge is 0.163 e. The standard InChI is InChI=1S/C12H14ClN3O2/c1-12(2)17-6-8(18-12)5-16-4-3-9-10(13)14-7-15-11(9)16/h3-4,7-8H,5-6H2,1-2H3/t8-/m0/s1. The molecular weight excluding hydrogens is 254 g/mol. The number of rotatable bonds is 2. The number of ether oxygens (including phenoxy) is 2. The van der Waals surface area contributed by atoms with Gasteiger partial charge in [-0.05, 0) is 19.9 Å². The van der Waals surface area contributed by atoms with Crippen molar-refractivity contribution in [3.63, 3.8) is 0 Å². The highest BCUT2D eigenvalue weighted by Crippen LogP contribution is 2.25. The van der Waals surface area contributed by atoms with Gasteiger partial charge in [-0.25, -0.2) is 9.97 Å². The molecule has 1 aliphatic rings. The van der Waals surface area contributed by atoms with Crippen LogP contribution in [0.4, 0.5) is 0 Å². The highest BCUT2D eigenvalue weighted by Gasteiger charge is 2.32. The first-order valence-electron chi connectivity index (χ1n) is 5.82. The van der Waals surface area contributed by atoms with E-state index in [1.165, 1.54) is 6.33 Å². The zero-order chi connectivity index (χ0) is 12.8. The molecule has 0 unspecified atom stereocenters. The zero-order valence-corrected chi connectivity index (χ0v) is 11.0. The summed E-state index contributed by atoms with van der Waals surface area (Å²) in [5.74, 6) is -0.500. The number of aromatic nitrogens is 3. The van der Waals surface area contributed by atoms with E-state index < -0.39 is 5.79 Å². The predicted octanol–water partition coefficient (Wildman–Crippen LogP) is 2.24. The summed E-state index contributed by atoms with van der Waals surface area (Å²) in [6.45, 7) is 5.12. The molecule has 1 saturated heterocycles. The van der Waals surface area contributed by atoms with E-state index in [4.69, 9.17) is 21.1 Å². The highest BCUT2D eigenvalue weighted by atomic mass is 35.5. The first-order chi connectivity index (χ1) is 8.55. The van der Waals surface area contributed by atoms with Crippen molar-refractivity contribution in [1.82, 2.24) is 14.5 Å². The Kier molecular flexibility index (Phi) is 2.77. The van der Waals surface area contributed by atoms with Gasteiger partial charge in [0, 0.05) is 6.20 Å². The lowest BCUT2D eigenvalue weighted by Crippen LogP contribution is -2.24. The number of hydrogen-bond acceptors (Lipinski definition) is 4. The summed E-state index contributed by atoms with van der Waals surface area (Å²) in [5.41, 5.74) is 0.823. The summed E-state index contributed by atoms with van der Waals surface area (Å²) in [7, 11) is 0. The third-order valence-corrected chi connectivity index (χ3v) is 3.28. The quantitative estimate of drug-likeness (QED) is 0.783. The second-order valence-corrected chi connectivity index (χ2v) is 5.18. The van der Waals surface area contributed by atoms with E-state index in [0.717, 1.165) is 11.0 Å². The molecule has 0 radical (unpaired) electrons. The fraction of sp³-hybridized carbons (Fsp3) is 0.500. The van der Waals surface area contributed by atoms with E-state index in [9.17, 15) is 0 Å². The Labute approximate surface area is 110 Å². The van der Waals surface area contributed by atoms with E-state index in [1.54, 1.807) is 0 Å². The fourth-order valence-electron chi connectivity index (χ4n) is 2.19. The van der Waals surface area contributed by atoms with Gasteiger partial charge in [0.1, 0.15) is 23.2 Å². The van der Waals surface area contributed by atoms with Crippen molar-refractivity contribution < 1.29 is 9.47 Å². The van der Waals surface area contributed by atoms with Gasteiger partial charge in [0.15, 0.2) is 5.79 Å². The van der Waals surface area contributed by atoms with Crippen LogP contribution >= 0.6 is 11.6 Å². The Morgan fingerprint density at radius 1 is 1.50 bits per heavy atom. The molecule has 1 atom stereocenters. The average molecular weight is 268 g/mol. The summed E-state index contributed by atoms with van der Waals surface area (Å²) in [4.78, 5) is 8.21. The molecule has 6 heteroatoms. The highest BCUT2D eigenvalue weighted by molar-refractivity contribution is 6.33. The van der Waals surface area contributed by atoms with Crippen molar-refractivity contribution in [3.8, 4) is 0 Å². The number of halogens is 1. The normalized spacial score (nSPS) is 22.7. The summed E-state index contributed by atoms with van der Waals surface area (Å²) in [5, 5.41) is 1.33. The first-order valence-corrected chi connectivity index (χ1v) is 6.20. The zero-order valence-electron chi connectivity index (χ0n) is 10.3. The largest absolute Gasteiger partial charge is 0.348 e. The lowest BCUT2D eigenvalue weighted by atomic mass is 10.3. The molecule has 96 valence electrons. The number of nitrogens with zero attached hydrogens (tertiary/aromatic N) is 3. The molecule has 1 fully saturated rings. The molecule has 0 spiro atoms. The van der Waals surface area contributed by atoms with Crippen molar-refractivity contribution in [1.29, 1.82) is 0 Å². The van der Waals surface area contributed by atoms with E-state index in [-0.39, 0.29) is 6.10 Å². The van der Waals surface area contributed by atoms with Crippen LogP contribution in [0.15, 0.2) is 18.6 Å². The summed E-state index contributed by atoms with van der Waals surface area (Å²) >= 11 is 6.01. The fourth-order valence-corrected chi connectivity index (χ4v) is 2.38. The Morgan fingerprint density at radius 3 is 3.06 bits per heavy atom. The molecule has 3 heterocycles. The van der Waals surface area contributed by atoms with Gasteiger partial charge in [-0.3, -0.25) is 0 Å². The molecule has 3 rings (SSSR count). The van der Waals surface area contributed by atoms with Crippen molar-refractivity contribution in [2.45, 2.75) is 32.3 Å². The SMILES string of the molecule is CC1(C)OC[C@H](Cn2ccc3c(Cl)ncnc32)O1. The Hall–Kier alpha value is -1.17. The van der Waals surface area contributed by atoms with E-state index in [1.807, 2.05) is 30.7 Å². The van der Waals surface area contributed by atoms with Gasteiger partial charge >= 0.3 is 0 Å². The molecule has 0 amide bonds. The second kappa shape index (κ2) is 4.19. The predicted molar refractivity (Wildman–Crippen MR) is 67.4 cm³/mol. The van der Waals surface area contributed by atoms with Crippen molar-refractivity contribution >= 4 is 22.6 Å². The van der Waals surface area contributed by atoms with Crippen molar-refractivity contribution in [2.75, 3.05) is 6.61 Å². The average Bonchev–Trinajstić information content (AvgIpc) is 2.85. The van der Waals surface area contributed by atoms with E-state index in [0.29, 0.717) is 18.3 Å². The second-order valence-electron chi connectivity index (χ2n) is 4.82. The van der Waals surface area contributed by atoms with Gasteiger partial charge in [0.25, 0.3) is 0 Å². The molecule has 5 nitrogen and oxygen atoms in total. The third-order valence-electron chi connectivity index (χ3n) is 2.98. The van der Waals surface area contributed by atoms with Crippen LogP contribution in [-0.2, 0) is 16.0 Å². The van der Waals surface area contributed by atoms with Crippen LogP contribution in [-0.4, -0.2) is 33.0 Å². The summed E-state index contributed by atoms with van der Waals surface area (Å²) in [6.07, 6.45) is 3.45. The van der Waals surface area contributed by atoms with Crippen LogP contribution in [0.2, 0.25) is 5.15 Å². The molecule has 18 heavy (non-hydrogen) atoms. The van der Waals surface area contributed by atoms with Gasteiger partial charge in [0.05, 0.1) is 18.5 Å². The summed E-state index contributed by atoms with van der Waals surface area (Å²) < 4.78 is 13.3. The van der Waals surface area contributed by atoms with Crippen LogP contribution in [0.3, 0.4) is 0 Å². The first kappa shape index (κ1) is 11.9. The van der Waals surface area contributed by atoms with Crippen LogP contribution in [0.5, 0.6) is 0 Å². The minimum absolute atomic E-state index is 0.0318. The lowest BCUT2D eigenvalue weighted by Gasteiger charge is -2.17. The summed E-state index contributed by atoms with van der Waals surface area (Å²) in [6, 6.07) is 1.92. The molecule has 2 aromatic rings. The maximum Gasteiger partial charge on any atom is 0.163 e. The number of hydrogen-bond donors (Lipinski definition) is 0. The van der Waals surface area contributed by atoms with Gasteiger partial charge in [-0.2, -0.15) is 0 Å². The van der Waals surface area contributed by atoms with Crippen LogP contribution < -0.4 is 0 Å². The van der Waals surface area contributed by atoms with Crippen molar-refractivity contribution in [3.05, 3.63) is 23.7 Å².